The molecule has 0 saturated carbocycles. The normalized spacial score (nSPS) is 15.1. The average molecular weight is 408 g/mol. The fourth-order valence-electron chi connectivity index (χ4n) is 3.06. The maximum atomic E-state index is 11.8. The number of aliphatic hydroxyl groups is 1. The number of aliphatic hydroxyl groups excluding tert-OH is 1. The predicted octanol–water partition coefficient (Wildman–Crippen LogP) is 2.12. The number of hydrogen-bond donors (Lipinski definition) is 3. The number of amides is 1. The molecular weight excluding hydrogens is 368 g/mol. The minimum Gasteiger partial charge on any atom is -0.386 e. The molecule has 0 heterocycles. The molecule has 0 saturated heterocycles. The molecule has 160 valence electrons. The number of carbonyl (C=O) groups is 1. The molecule has 8 heteroatoms. The highest BCUT2D eigenvalue weighted by atomic mass is 32.2. The van der Waals surface area contributed by atoms with E-state index in [1.807, 2.05) is 20.0 Å². The van der Waals surface area contributed by atoms with Crippen LogP contribution < -0.4 is 5.32 Å². The van der Waals surface area contributed by atoms with E-state index in [9.17, 15) is 18.3 Å². The van der Waals surface area contributed by atoms with Gasteiger partial charge in [0.05, 0.1) is 20.1 Å². The van der Waals surface area contributed by atoms with Gasteiger partial charge in [-0.15, -0.1) is 6.58 Å². The number of rotatable bonds is 17. The van der Waals surface area contributed by atoms with Gasteiger partial charge in [-0.25, -0.2) is 0 Å². The van der Waals surface area contributed by atoms with Crippen molar-refractivity contribution in [2.24, 2.45) is 0 Å². The predicted molar refractivity (Wildman–Crippen MR) is 109 cm³/mol. The molecule has 27 heavy (non-hydrogen) atoms. The Bertz CT molecular complexity index is 524. The molecule has 0 aromatic carbocycles. The summed E-state index contributed by atoms with van der Waals surface area (Å²) in [5.41, 5.74) is 0. The van der Waals surface area contributed by atoms with E-state index in [0.29, 0.717) is 24.0 Å². The van der Waals surface area contributed by atoms with Crippen LogP contribution in [-0.2, 0) is 14.9 Å². The molecule has 0 bridgehead atoms. The monoisotopic (exact) mass is 407 g/mol. The third-order valence-corrected chi connectivity index (χ3v) is 5.63. The van der Waals surface area contributed by atoms with Crippen LogP contribution in [0.3, 0.4) is 0 Å². The molecule has 0 aromatic heterocycles. The molecule has 7 nitrogen and oxygen atoms in total. The second kappa shape index (κ2) is 14.1. The van der Waals surface area contributed by atoms with E-state index in [4.69, 9.17) is 4.55 Å². The Morgan fingerprint density at radius 1 is 1.19 bits per heavy atom. The summed E-state index contributed by atoms with van der Waals surface area (Å²) in [7, 11) is -2.25. The first-order valence-electron chi connectivity index (χ1n) is 9.96. The SMILES string of the molecule is C=CCCCCCCCC(=O)NCCC[N+](C)(CC)CC(O)CS(=O)(=O)O. The van der Waals surface area contributed by atoms with Crippen LogP contribution in [0.1, 0.15) is 58.3 Å². The first-order valence-corrected chi connectivity index (χ1v) is 11.6. The maximum Gasteiger partial charge on any atom is 0.267 e. The zero-order valence-corrected chi connectivity index (χ0v) is 17.8. The number of hydrogen-bond acceptors (Lipinski definition) is 4. The van der Waals surface area contributed by atoms with Gasteiger partial charge in [0.15, 0.2) is 0 Å². The summed E-state index contributed by atoms with van der Waals surface area (Å²) in [5, 5.41) is 12.8. The fraction of sp³-hybridized carbons (Fsp3) is 0.842. The molecule has 0 rings (SSSR count). The lowest BCUT2D eigenvalue weighted by Gasteiger charge is -2.35. The Morgan fingerprint density at radius 2 is 1.81 bits per heavy atom. The lowest BCUT2D eigenvalue weighted by atomic mass is 10.1. The van der Waals surface area contributed by atoms with Crippen LogP contribution in [0.2, 0.25) is 0 Å². The second-order valence-corrected chi connectivity index (χ2v) is 9.04. The Morgan fingerprint density at radius 3 is 2.41 bits per heavy atom. The molecule has 0 aliphatic rings. The summed E-state index contributed by atoms with van der Waals surface area (Å²) >= 11 is 0. The van der Waals surface area contributed by atoms with Crippen molar-refractivity contribution in [3.8, 4) is 0 Å². The van der Waals surface area contributed by atoms with Crippen molar-refractivity contribution in [1.29, 1.82) is 0 Å². The lowest BCUT2D eigenvalue weighted by molar-refractivity contribution is -0.910. The number of nitrogens with one attached hydrogen (secondary N) is 1. The number of allylic oxidation sites excluding steroid dienone is 1. The molecule has 0 aromatic rings. The fourth-order valence-corrected chi connectivity index (χ4v) is 3.66. The van der Waals surface area contributed by atoms with E-state index in [1.165, 1.54) is 12.8 Å². The third kappa shape index (κ3) is 15.8. The zero-order chi connectivity index (χ0) is 20.8. The van der Waals surface area contributed by atoms with Crippen molar-refractivity contribution in [2.45, 2.75) is 64.4 Å². The van der Waals surface area contributed by atoms with Crippen molar-refractivity contribution in [2.75, 3.05) is 39.0 Å². The topological polar surface area (TPSA) is 104 Å². The summed E-state index contributed by atoms with van der Waals surface area (Å²) < 4.78 is 31.0. The molecule has 0 aliphatic carbocycles. The zero-order valence-electron chi connectivity index (χ0n) is 17.0. The summed E-state index contributed by atoms with van der Waals surface area (Å²) in [4.78, 5) is 11.8. The van der Waals surface area contributed by atoms with Gasteiger partial charge in [0.2, 0.25) is 5.91 Å². The summed E-state index contributed by atoms with van der Waals surface area (Å²) in [6.07, 6.45) is 8.67. The van der Waals surface area contributed by atoms with Gasteiger partial charge >= 0.3 is 0 Å². The van der Waals surface area contributed by atoms with Crippen LogP contribution in [0.15, 0.2) is 12.7 Å². The first kappa shape index (κ1) is 26.0. The number of carbonyl (C=O) groups excluding carboxylic acids is 1. The summed E-state index contributed by atoms with van der Waals surface area (Å²) in [6.45, 7) is 7.92. The second-order valence-electron chi connectivity index (χ2n) is 7.54. The Balaban J connectivity index is 3.91. The molecule has 1 amide bonds. The molecular formula is C19H39N2O5S+. The number of nitrogens with zero attached hydrogens (tertiary/aromatic N) is 1. The highest BCUT2D eigenvalue weighted by Gasteiger charge is 2.26. The van der Waals surface area contributed by atoms with Gasteiger partial charge in [-0.1, -0.05) is 25.3 Å². The standard InChI is InChI=1S/C19H38N2O5S/c1-4-6-7-8-9-10-11-13-19(23)20-14-12-15-21(3,5-2)16-18(22)17-27(24,25)26/h4,18,22H,1,5-17H2,2-3H3,(H-,20,23,24,25,26)/p+1. The minimum absolute atomic E-state index is 0.0678. The maximum absolute atomic E-state index is 11.8. The molecule has 0 aliphatic heterocycles. The van der Waals surface area contributed by atoms with Gasteiger partial charge in [-0.2, -0.15) is 8.42 Å². The minimum atomic E-state index is -4.18. The average Bonchev–Trinajstić information content (AvgIpc) is 2.56. The number of unbranched alkanes of at least 4 members (excludes halogenated alkanes) is 5. The quantitative estimate of drug-likeness (QED) is 0.148. The van der Waals surface area contributed by atoms with E-state index >= 15 is 0 Å². The Labute approximate surface area is 165 Å². The Kier molecular flexibility index (Phi) is 13.6. The summed E-state index contributed by atoms with van der Waals surface area (Å²) in [5.74, 6) is -0.580. The van der Waals surface area contributed by atoms with Crippen molar-refractivity contribution in [1.82, 2.24) is 5.32 Å². The molecule has 2 unspecified atom stereocenters. The van der Waals surface area contributed by atoms with Crippen LogP contribution in [0.4, 0.5) is 0 Å². The summed E-state index contributed by atoms with van der Waals surface area (Å²) in [6, 6.07) is 0. The van der Waals surface area contributed by atoms with Crippen molar-refractivity contribution in [3.63, 3.8) is 0 Å². The van der Waals surface area contributed by atoms with E-state index in [0.717, 1.165) is 38.6 Å². The lowest BCUT2D eigenvalue weighted by Crippen LogP contribution is -2.51. The van der Waals surface area contributed by atoms with Crippen LogP contribution in [0, 0.1) is 0 Å². The smallest absolute Gasteiger partial charge is 0.267 e. The molecule has 0 spiro atoms. The van der Waals surface area contributed by atoms with Gasteiger partial charge < -0.3 is 14.9 Å². The van der Waals surface area contributed by atoms with Gasteiger partial charge in [0, 0.05) is 19.4 Å². The van der Waals surface area contributed by atoms with Gasteiger partial charge in [-0.3, -0.25) is 9.35 Å². The van der Waals surface area contributed by atoms with Crippen LogP contribution in [0.5, 0.6) is 0 Å². The molecule has 0 fully saturated rings. The third-order valence-electron chi connectivity index (χ3n) is 4.83. The number of likely N-dealkylation sites (N-methyl/N-ethyl adjacent to an activating group) is 1. The van der Waals surface area contributed by atoms with E-state index in [-0.39, 0.29) is 12.5 Å². The van der Waals surface area contributed by atoms with Gasteiger partial charge in [-0.05, 0) is 26.2 Å². The van der Waals surface area contributed by atoms with Crippen molar-refractivity contribution in [3.05, 3.63) is 12.7 Å². The van der Waals surface area contributed by atoms with Crippen LogP contribution in [-0.4, -0.2) is 73.6 Å². The first-order chi connectivity index (χ1) is 12.6. The van der Waals surface area contributed by atoms with Crippen molar-refractivity contribution >= 4 is 16.0 Å². The molecule has 2 atom stereocenters. The molecule has 3 N–H and O–H groups in total. The van der Waals surface area contributed by atoms with Crippen LogP contribution in [0.25, 0.3) is 0 Å². The Hall–Kier alpha value is -0.960. The van der Waals surface area contributed by atoms with Gasteiger partial charge in [0.1, 0.15) is 18.4 Å². The largest absolute Gasteiger partial charge is 0.386 e. The van der Waals surface area contributed by atoms with Gasteiger partial charge in [0.25, 0.3) is 10.1 Å². The van der Waals surface area contributed by atoms with Crippen molar-refractivity contribution < 1.29 is 27.4 Å². The molecule has 0 radical (unpaired) electrons. The highest BCUT2D eigenvalue weighted by Crippen LogP contribution is 2.08. The highest BCUT2D eigenvalue weighted by molar-refractivity contribution is 7.85. The van der Waals surface area contributed by atoms with E-state index < -0.39 is 22.0 Å². The van der Waals surface area contributed by atoms with Crippen LogP contribution >= 0.6 is 0 Å². The van der Waals surface area contributed by atoms with E-state index in [2.05, 4.69) is 11.9 Å². The van der Waals surface area contributed by atoms with E-state index in [1.54, 1.807) is 0 Å². The number of quaternary nitrogens is 1.